The zero-order chi connectivity index (χ0) is 12.5. The summed E-state index contributed by atoms with van der Waals surface area (Å²) in [4.78, 5) is 3.87. The van der Waals surface area contributed by atoms with Gasteiger partial charge in [0.25, 0.3) is 0 Å². The van der Waals surface area contributed by atoms with E-state index in [1.165, 1.54) is 29.0 Å². The largest absolute Gasteiger partial charge is 0.397 e. The van der Waals surface area contributed by atoms with E-state index in [0.29, 0.717) is 6.04 Å². The second-order valence-corrected chi connectivity index (χ2v) is 6.03. The molecular formula is C15H18N2S. The number of hydrogen-bond donors (Lipinski definition) is 1. The molecule has 1 aliphatic carbocycles. The third kappa shape index (κ3) is 2.36. The summed E-state index contributed by atoms with van der Waals surface area (Å²) in [7, 11) is 0. The van der Waals surface area contributed by atoms with Crippen LogP contribution in [0.15, 0.2) is 35.7 Å². The van der Waals surface area contributed by atoms with E-state index in [2.05, 4.69) is 41.5 Å². The van der Waals surface area contributed by atoms with E-state index in [1.54, 1.807) is 0 Å². The molecule has 0 aliphatic heterocycles. The third-order valence-corrected chi connectivity index (χ3v) is 4.25. The molecule has 3 heteroatoms. The Hall–Kier alpha value is -1.48. The monoisotopic (exact) mass is 258 g/mol. The Balaban J connectivity index is 1.91. The summed E-state index contributed by atoms with van der Waals surface area (Å²) >= 11 is 1.82. The summed E-state index contributed by atoms with van der Waals surface area (Å²) in [5.41, 5.74) is 9.51. The van der Waals surface area contributed by atoms with Crippen molar-refractivity contribution in [3.05, 3.63) is 46.2 Å². The van der Waals surface area contributed by atoms with E-state index < -0.39 is 0 Å². The fourth-order valence-corrected chi connectivity index (χ4v) is 2.97. The summed E-state index contributed by atoms with van der Waals surface area (Å²) < 4.78 is 0. The SMILES string of the molecule is Cc1ccc(N)c(N(Cc2cccs2)C2CC2)c1. The van der Waals surface area contributed by atoms with Gasteiger partial charge in [0.15, 0.2) is 0 Å². The summed E-state index contributed by atoms with van der Waals surface area (Å²) in [6.07, 6.45) is 2.58. The average Bonchev–Trinajstić information content (AvgIpc) is 3.07. The Bertz CT molecular complexity index is 529. The van der Waals surface area contributed by atoms with Gasteiger partial charge in [-0.2, -0.15) is 0 Å². The zero-order valence-electron chi connectivity index (χ0n) is 10.6. The van der Waals surface area contributed by atoms with Crippen LogP contribution < -0.4 is 10.6 Å². The van der Waals surface area contributed by atoms with Gasteiger partial charge >= 0.3 is 0 Å². The number of nitrogens with two attached hydrogens (primary N) is 1. The first-order chi connectivity index (χ1) is 8.74. The van der Waals surface area contributed by atoms with Gasteiger partial charge in [0.1, 0.15) is 0 Å². The molecule has 2 aromatic rings. The summed E-state index contributed by atoms with van der Waals surface area (Å²) in [6.45, 7) is 3.11. The van der Waals surface area contributed by atoms with Gasteiger partial charge in [0.05, 0.1) is 17.9 Å². The van der Waals surface area contributed by atoms with Gasteiger partial charge in [0, 0.05) is 10.9 Å². The predicted molar refractivity (Wildman–Crippen MR) is 79.1 cm³/mol. The maximum atomic E-state index is 6.15. The van der Waals surface area contributed by atoms with E-state index in [4.69, 9.17) is 5.73 Å². The lowest BCUT2D eigenvalue weighted by molar-refractivity contribution is 0.804. The highest BCUT2D eigenvalue weighted by molar-refractivity contribution is 7.09. The first-order valence-corrected chi connectivity index (χ1v) is 7.27. The summed E-state index contributed by atoms with van der Waals surface area (Å²) in [5.74, 6) is 0. The van der Waals surface area contributed by atoms with Gasteiger partial charge in [-0.25, -0.2) is 0 Å². The van der Waals surface area contributed by atoms with Crippen LogP contribution in [0.5, 0.6) is 0 Å². The minimum absolute atomic E-state index is 0.677. The number of thiophene rings is 1. The van der Waals surface area contributed by atoms with E-state index in [0.717, 1.165) is 12.2 Å². The van der Waals surface area contributed by atoms with Crippen molar-refractivity contribution < 1.29 is 0 Å². The number of nitrogen functional groups attached to an aromatic ring is 1. The van der Waals surface area contributed by atoms with E-state index in [-0.39, 0.29) is 0 Å². The van der Waals surface area contributed by atoms with Crippen LogP contribution >= 0.6 is 11.3 Å². The maximum Gasteiger partial charge on any atom is 0.0608 e. The van der Waals surface area contributed by atoms with Gasteiger partial charge < -0.3 is 10.6 Å². The molecule has 2 nitrogen and oxygen atoms in total. The summed E-state index contributed by atoms with van der Waals surface area (Å²) in [6, 6.07) is 11.3. The van der Waals surface area contributed by atoms with Crippen LogP contribution in [0.3, 0.4) is 0 Å². The maximum absolute atomic E-state index is 6.15. The predicted octanol–water partition coefficient (Wildman–Crippen LogP) is 3.81. The Morgan fingerprint density at radius 2 is 2.17 bits per heavy atom. The van der Waals surface area contributed by atoms with Crippen LogP contribution in [0.4, 0.5) is 11.4 Å². The second kappa shape index (κ2) is 4.65. The molecule has 1 fully saturated rings. The molecule has 3 rings (SSSR count). The van der Waals surface area contributed by atoms with Crippen LogP contribution in [-0.2, 0) is 6.54 Å². The molecule has 1 aromatic carbocycles. The standard InChI is InChI=1S/C15H18N2S/c1-11-4-7-14(16)15(9-11)17(12-5-6-12)10-13-3-2-8-18-13/h2-4,7-9,12H,5-6,10,16H2,1H3. The van der Waals surface area contributed by atoms with E-state index >= 15 is 0 Å². The number of nitrogens with zero attached hydrogens (tertiary/aromatic N) is 1. The van der Waals surface area contributed by atoms with Gasteiger partial charge in [-0.15, -0.1) is 11.3 Å². The molecule has 0 amide bonds. The number of anilines is 2. The van der Waals surface area contributed by atoms with Gasteiger partial charge in [-0.05, 0) is 48.9 Å². The van der Waals surface area contributed by atoms with E-state index in [1.807, 2.05) is 17.4 Å². The van der Waals surface area contributed by atoms with E-state index in [9.17, 15) is 0 Å². The quantitative estimate of drug-likeness (QED) is 0.845. The lowest BCUT2D eigenvalue weighted by Gasteiger charge is -2.26. The van der Waals surface area contributed by atoms with Crippen LogP contribution in [0.2, 0.25) is 0 Å². The molecule has 94 valence electrons. The number of hydrogen-bond acceptors (Lipinski definition) is 3. The third-order valence-electron chi connectivity index (χ3n) is 3.39. The molecule has 0 bridgehead atoms. The highest BCUT2D eigenvalue weighted by Gasteiger charge is 2.30. The molecule has 1 aromatic heterocycles. The molecular weight excluding hydrogens is 240 g/mol. The molecule has 0 saturated heterocycles. The Labute approximate surface area is 112 Å². The van der Waals surface area contributed by atoms with Crippen molar-refractivity contribution in [2.24, 2.45) is 0 Å². The Kier molecular flexibility index (Phi) is 3.00. The van der Waals surface area contributed by atoms with Crippen molar-refractivity contribution in [1.82, 2.24) is 0 Å². The van der Waals surface area contributed by atoms with Crippen LogP contribution in [0.25, 0.3) is 0 Å². The highest BCUT2D eigenvalue weighted by atomic mass is 32.1. The topological polar surface area (TPSA) is 29.3 Å². The van der Waals surface area contributed by atoms with Crippen molar-refractivity contribution in [3.63, 3.8) is 0 Å². The fourth-order valence-electron chi connectivity index (χ4n) is 2.27. The summed E-state index contributed by atoms with van der Waals surface area (Å²) in [5, 5.41) is 2.14. The minimum Gasteiger partial charge on any atom is -0.397 e. The Morgan fingerprint density at radius 1 is 1.33 bits per heavy atom. The molecule has 18 heavy (non-hydrogen) atoms. The number of aryl methyl sites for hydroxylation is 1. The normalized spacial score (nSPS) is 14.7. The zero-order valence-corrected chi connectivity index (χ0v) is 11.4. The average molecular weight is 258 g/mol. The van der Waals surface area contributed by atoms with Gasteiger partial charge in [-0.1, -0.05) is 12.1 Å². The van der Waals surface area contributed by atoms with Crippen LogP contribution in [0.1, 0.15) is 23.3 Å². The van der Waals surface area contributed by atoms with Crippen molar-refractivity contribution in [3.8, 4) is 0 Å². The Morgan fingerprint density at radius 3 is 2.83 bits per heavy atom. The van der Waals surface area contributed by atoms with Crippen molar-refractivity contribution >= 4 is 22.7 Å². The lowest BCUT2D eigenvalue weighted by atomic mass is 10.1. The fraction of sp³-hybridized carbons (Fsp3) is 0.333. The first kappa shape index (κ1) is 11.6. The molecule has 1 heterocycles. The molecule has 0 unspecified atom stereocenters. The first-order valence-electron chi connectivity index (χ1n) is 6.39. The lowest BCUT2D eigenvalue weighted by Crippen LogP contribution is -2.25. The molecule has 1 aliphatic rings. The van der Waals surface area contributed by atoms with Gasteiger partial charge in [-0.3, -0.25) is 0 Å². The van der Waals surface area contributed by atoms with Crippen molar-refractivity contribution in [1.29, 1.82) is 0 Å². The van der Waals surface area contributed by atoms with Crippen LogP contribution in [0, 0.1) is 6.92 Å². The van der Waals surface area contributed by atoms with Crippen molar-refractivity contribution in [2.75, 3.05) is 10.6 Å². The number of rotatable bonds is 4. The van der Waals surface area contributed by atoms with Crippen molar-refractivity contribution in [2.45, 2.75) is 32.4 Å². The number of benzene rings is 1. The second-order valence-electron chi connectivity index (χ2n) is 5.00. The molecule has 1 saturated carbocycles. The molecule has 0 atom stereocenters. The van der Waals surface area contributed by atoms with Gasteiger partial charge in [0.2, 0.25) is 0 Å². The molecule has 0 spiro atoms. The highest BCUT2D eigenvalue weighted by Crippen LogP contribution is 2.36. The minimum atomic E-state index is 0.677. The molecule has 0 radical (unpaired) electrons. The molecule has 2 N–H and O–H groups in total. The van der Waals surface area contributed by atoms with Crippen LogP contribution in [-0.4, -0.2) is 6.04 Å². The smallest absolute Gasteiger partial charge is 0.0608 e.